The van der Waals surface area contributed by atoms with E-state index in [-0.39, 0.29) is 29.5 Å². The maximum absolute atomic E-state index is 15.3. The van der Waals surface area contributed by atoms with Crippen molar-refractivity contribution in [3.05, 3.63) is 63.4 Å². The number of fused-ring (bicyclic) bond motifs is 2. The number of benzene rings is 2. The minimum absolute atomic E-state index is 0.0204. The van der Waals surface area contributed by atoms with E-state index in [9.17, 15) is 9.90 Å². The Morgan fingerprint density at radius 1 is 1.28 bits per heavy atom. The first-order chi connectivity index (χ1) is 15.5. The molecule has 0 aliphatic carbocycles. The summed E-state index contributed by atoms with van der Waals surface area (Å²) in [6.45, 7) is 1.78. The lowest BCUT2D eigenvalue weighted by molar-refractivity contribution is -0.129. The molecular weight excluding hydrogens is 454 g/mol. The third kappa shape index (κ3) is 3.35. The number of hydrogen-bond acceptors (Lipinski definition) is 4. The largest absolute Gasteiger partial charge is 0.395 e. The van der Waals surface area contributed by atoms with Gasteiger partial charge >= 0.3 is 0 Å². The van der Waals surface area contributed by atoms with Gasteiger partial charge in [0.25, 0.3) is 0 Å². The van der Waals surface area contributed by atoms with Crippen molar-refractivity contribution < 1.29 is 19.0 Å². The van der Waals surface area contributed by atoms with E-state index in [1.165, 1.54) is 6.07 Å². The van der Waals surface area contributed by atoms with Crippen LogP contribution in [-0.2, 0) is 15.1 Å². The molecular formula is C24H25Cl2FN2O3. The van der Waals surface area contributed by atoms with Crippen LogP contribution in [0.3, 0.4) is 0 Å². The highest BCUT2D eigenvalue weighted by Gasteiger charge is 2.63. The standard InChI is InChI=1S/C24H25Cl2FN2O3/c25-15-6-7-18-21(9-15)28-23(31)24(18)19(17-4-1-5-20(26)22(17)27)10-16(12-30)29(24)11-14-3-2-8-32-13-14/h1,4-7,9,14,16,19,30H,2-3,8,10-13H2,(H,28,31)/t14?,16-,19-,24-/m1/s1. The predicted octanol–water partition coefficient (Wildman–Crippen LogP) is 4.56. The molecule has 8 heteroatoms. The van der Waals surface area contributed by atoms with Gasteiger partial charge in [0.15, 0.2) is 0 Å². The smallest absolute Gasteiger partial charge is 0.250 e. The van der Waals surface area contributed by atoms with Crippen molar-refractivity contribution in [2.24, 2.45) is 5.92 Å². The summed E-state index contributed by atoms with van der Waals surface area (Å²) in [6, 6.07) is 9.91. The zero-order chi connectivity index (χ0) is 22.5. The summed E-state index contributed by atoms with van der Waals surface area (Å²) in [6.07, 6.45) is 2.37. The van der Waals surface area contributed by atoms with E-state index < -0.39 is 17.3 Å². The van der Waals surface area contributed by atoms with Gasteiger partial charge in [-0.15, -0.1) is 0 Å². The van der Waals surface area contributed by atoms with Gasteiger partial charge in [0.2, 0.25) is 5.91 Å². The van der Waals surface area contributed by atoms with Gasteiger partial charge in [0.05, 0.1) is 18.2 Å². The number of nitrogens with one attached hydrogen (secondary N) is 1. The fraction of sp³-hybridized carbons (Fsp3) is 0.458. The van der Waals surface area contributed by atoms with Crippen LogP contribution in [0.5, 0.6) is 0 Å². The molecule has 2 saturated heterocycles. The first kappa shape index (κ1) is 22.1. The number of carbonyl (C=O) groups excluding carboxylic acids is 1. The molecule has 2 fully saturated rings. The fourth-order valence-electron chi connectivity index (χ4n) is 5.82. The molecule has 2 aromatic rings. The van der Waals surface area contributed by atoms with E-state index in [0.29, 0.717) is 35.8 Å². The van der Waals surface area contributed by atoms with E-state index in [2.05, 4.69) is 10.2 Å². The van der Waals surface area contributed by atoms with Crippen LogP contribution in [0, 0.1) is 11.7 Å². The lowest BCUT2D eigenvalue weighted by atomic mass is 9.75. The third-order valence-electron chi connectivity index (χ3n) is 7.17. The first-order valence-electron chi connectivity index (χ1n) is 11.0. The molecule has 1 spiro atoms. The lowest BCUT2D eigenvalue weighted by Crippen LogP contribution is -2.54. The summed E-state index contributed by atoms with van der Waals surface area (Å²) in [4.78, 5) is 15.9. The zero-order valence-electron chi connectivity index (χ0n) is 17.5. The molecule has 4 atom stereocenters. The van der Waals surface area contributed by atoms with Gasteiger partial charge in [-0.2, -0.15) is 0 Å². The van der Waals surface area contributed by atoms with Crippen LogP contribution in [0.1, 0.15) is 36.3 Å². The predicted molar refractivity (Wildman–Crippen MR) is 122 cm³/mol. The summed E-state index contributed by atoms with van der Waals surface area (Å²) in [7, 11) is 0. The Balaban J connectivity index is 1.69. The number of amides is 1. The summed E-state index contributed by atoms with van der Waals surface area (Å²) in [5.41, 5.74) is 0.592. The molecule has 0 radical (unpaired) electrons. The molecule has 2 aromatic carbocycles. The average Bonchev–Trinajstić information content (AvgIpc) is 3.26. The number of carbonyl (C=O) groups is 1. The number of halogens is 3. The normalized spacial score (nSPS) is 30.0. The molecule has 32 heavy (non-hydrogen) atoms. The Morgan fingerprint density at radius 2 is 2.12 bits per heavy atom. The lowest BCUT2D eigenvalue weighted by Gasteiger charge is -2.41. The second-order valence-electron chi connectivity index (χ2n) is 8.91. The van der Waals surface area contributed by atoms with Gasteiger partial charge in [0.1, 0.15) is 11.4 Å². The van der Waals surface area contributed by atoms with Crippen molar-refractivity contribution in [1.82, 2.24) is 4.90 Å². The number of likely N-dealkylation sites (tertiary alicyclic amines) is 1. The Labute approximate surface area is 196 Å². The number of nitrogens with zero attached hydrogens (tertiary/aromatic N) is 1. The molecule has 170 valence electrons. The van der Waals surface area contributed by atoms with Crippen LogP contribution in [0.4, 0.5) is 10.1 Å². The molecule has 3 aliphatic rings. The van der Waals surface area contributed by atoms with Gasteiger partial charge in [-0.25, -0.2) is 4.39 Å². The Kier molecular flexibility index (Phi) is 5.93. The van der Waals surface area contributed by atoms with Crippen molar-refractivity contribution >= 4 is 34.8 Å². The number of aliphatic hydroxyl groups excluding tert-OH is 1. The van der Waals surface area contributed by atoms with Crippen molar-refractivity contribution in [2.45, 2.75) is 36.8 Å². The van der Waals surface area contributed by atoms with Gasteiger partial charge in [-0.05, 0) is 48.9 Å². The molecule has 5 rings (SSSR count). The van der Waals surface area contributed by atoms with E-state index >= 15 is 4.39 Å². The summed E-state index contributed by atoms with van der Waals surface area (Å²) < 4.78 is 21.0. The minimum Gasteiger partial charge on any atom is -0.395 e. The van der Waals surface area contributed by atoms with Crippen molar-refractivity contribution in [1.29, 1.82) is 0 Å². The number of anilines is 1. The number of aliphatic hydroxyl groups is 1. The average molecular weight is 479 g/mol. The summed E-state index contributed by atoms with van der Waals surface area (Å²) in [5.74, 6) is -1.05. The van der Waals surface area contributed by atoms with Gasteiger partial charge in [-0.3, -0.25) is 9.69 Å². The number of hydrogen-bond donors (Lipinski definition) is 2. The van der Waals surface area contributed by atoms with Crippen LogP contribution in [0.25, 0.3) is 0 Å². The van der Waals surface area contributed by atoms with Crippen LogP contribution < -0.4 is 5.32 Å². The Morgan fingerprint density at radius 3 is 2.88 bits per heavy atom. The van der Waals surface area contributed by atoms with Crippen LogP contribution in [0.15, 0.2) is 36.4 Å². The quantitative estimate of drug-likeness (QED) is 0.676. The van der Waals surface area contributed by atoms with E-state index in [0.717, 1.165) is 25.0 Å². The highest BCUT2D eigenvalue weighted by molar-refractivity contribution is 6.31. The van der Waals surface area contributed by atoms with Crippen molar-refractivity contribution in [3.63, 3.8) is 0 Å². The highest BCUT2D eigenvalue weighted by Crippen LogP contribution is 2.57. The van der Waals surface area contributed by atoms with E-state index in [1.54, 1.807) is 24.3 Å². The summed E-state index contributed by atoms with van der Waals surface area (Å²) >= 11 is 12.3. The third-order valence-corrected chi connectivity index (χ3v) is 7.70. The van der Waals surface area contributed by atoms with Crippen LogP contribution >= 0.6 is 23.2 Å². The molecule has 2 N–H and O–H groups in total. The van der Waals surface area contributed by atoms with Crippen molar-refractivity contribution in [2.75, 3.05) is 31.7 Å². The molecule has 3 aliphatic heterocycles. The van der Waals surface area contributed by atoms with E-state index in [4.69, 9.17) is 27.9 Å². The van der Waals surface area contributed by atoms with Crippen LogP contribution in [0.2, 0.25) is 10.0 Å². The topological polar surface area (TPSA) is 61.8 Å². The first-order valence-corrected chi connectivity index (χ1v) is 11.7. The molecule has 1 amide bonds. The molecule has 1 unspecified atom stereocenters. The van der Waals surface area contributed by atoms with Gasteiger partial charge < -0.3 is 15.2 Å². The zero-order valence-corrected chi connectivity index (χ0v) is 19.0. The molecule has 0 bridgehead atoms. The Hall–Kier alpha value is -1.70. The maximum Gasteiger partial charge on any atom is 0.250 e. The fourth-order valence-corrected chi connectivity index (χ4v) is 6.17. The van der Waals surface area contributed by atoms with Gasteiger partial charge in [-0.1, -0.05) is 41.4 Å². The SMILES string of the molecule is O=C1Nc2cc(Cl)ccc2[C@@]12[C@@H](c1cccc(Cl)c1F)C[C@H](CO)N2CC1CCCOC1. The van der Waals surface area contributed by atoms with Crippen LogP contribution in [-0.4, -0.2) is 48.3 Å². The monoisotopic (exact) mass is 478 g/mol. The molecule has 3 heterocycles. The minimum atomic E-state index is -1.17. The van der Waals surface area contributed by atoms with Gasteiger partial charge in [0, 0.05) is 41.4 Å². The molecule has 0 aromatic heterocycles. The second-order valence-corrected chi connectivity index (χ2v) is 9.76. The highest BCUT2D eigenvalue weighted by atomic mass is 35.5. The molecule has 0 saturated carbocycles. The van der Waals surface area contributed by atoms with E-state index in [1.807, 2.05) is 6.07 Å². The molecule has 5 nitrogen and oxygen atoms in total. The summed E-state index contributed by atoms with van der Waals surface area (Å²) in [5, 5.41) is 13.8. The maximum atomic E-state index is 15.3. The van der Waals surface area contributed by atoms with Crippen molar-refractivity contribution in [3.8, 4) is 0 Å². The Bertz CT molecular complexity index is 1050. The number of ether oxygens (including phenoxy) is 1. The second kappa shape index (κ2) is 8.58. The number of rotatable bonds is 4.